The first-order chi connectivity index (χ1) is 19.9. The van der Waals surface area contributed by atoms with Crippen LogP contribution in [0.4, 0.5) is 4.39 Å². The Kier molecular flexibility index (Phi) is 6.53. The molecule has 2 bridgehead atoms. The van der Waals surface area contributed by atoms with E-state index >= 15 is 0 Å². The maximum Gasteiger partial charge on any atom is 0.330 e. The van der Waals surface area contributed by atoms with Gasteiger partial charge in [-0.15, -0.1) is 5.10 Å². The van der Waals surface area contributed by atoms with Gasteiger partial charge in [0.2, 0.25) is 5.82 Å². The summed E-state index contributed by atoms with van der Waals surface area (Å²) in [6.07, 6.45) is 3.17. The zero-order valence-corrected chi connectivity index (χ0v) is 22.1. The molecule has 4 aliphatic rings. The monoisotopic (exact) mass is 563 g/mol. The van der Waals surface area contributed by atoms with E-state index in [1.54, 1.807) is 10.9 Å². The van der Waals surface area contributed by atoms with Gasteiger partial charge in [-0.2, -0.15) is 4.39 Å². The lowest BCUT2D eigenvalue weighted by atomic mass is 9.72. The topological polar surface area (TPSA) is 151 Å². The van der Waals surface area contributed by atoms with E-state index in [1.165, 1.54) is 0 Å². The Morgan fingerprint density at radius 1 is 1.17 bits per heavy atom. The van der Waals surface area contributed by atoms with Crippen molar-refractivity contribution in [1.29, 1.82) is 0 Å². The van der Waals surface area contributed by atoms with E-state index in [0.717, 1.165) is 58.9 Å². The van der Waals surface area contributed by atoms with Crippen molar-refractivity contribution in [2.75, 3.05) is 13.1 Å². The van der Waals surface area contributed by atoms with Crippen LogP contribution in [0.25, 0.3) is 10.9 Å². The highest BCUT2D eigenvalue weighted by molar-refractivity contribution is 5.82. The number of H-pyrrole nitrogens is 1. The normalized spacial score (nSPS) is 30.2. The number of aromatic amines is 1. The molecule has 8 rings (SSSR count). The highest BCUT2D eigenvalue weighted by Crippen LogP contribution is 2.45. The van der Waals surface area contributed by atoms with Gasteiger partial charge >= 0.3 is 5.69 Å². The summed E-state index contributed by atoms with van der Waals surface area (Å²) in [6.45, 7) is 1.87. The highest BCUT2D eigenvalue weighted by Gasteiger charge is 2.45. The van der Waals surface area contributed by atoms with E-state index in [0.29, 0.717) is 5.92 Å². The third-order valence-corrected chi connectivity index (χ3v) is 8.91. The van der Waals surface area contributed by atoms with Gasteiger partial charge in [-0.1, -0.05) is 23.4 Å². The third-order valence-electron chi connectivity index (χ3n) is 8.91. The fourth-order valence-corrected chi connectivity index (χ4v) is 6.80. The molecule has 3 N–H and O–H groups in total. The Morgan fingerprint density at radius 3 is 2.85 bits per heavy atom. The van der Waals surface area contributed by atoms with E-state index in [4.69, 9.17) is 4.74 Å². The Labute approximate surface area is 233 Å². The lowest BCUT2D eigenvalue weighted by Gasteiger charge is -2.50. The highest BCUT2D eigenvalue weighted by atomic mass is 19.1. The van der Waals surface area contributed by atoms with Crippen LogP contribution >= 0.6 is 0 Å². The minimum atomic E-state index is -1.10. The molecule has 12 nitrogen and oxygen atoms in total. The molecule has 8 atom stereocenters. The largest absolute Gasteiger partial charge is 0.390 e. The molecule has 4 aromatic rings. The van der Waals surface area contributed by atoms with Gasteiger partial charge in [0.25, 0.3) is 5.56 Å². The number of nitrogens with zero attached hydrogens (tertiary/aromatic N) is 6. The second kappa shape index (κ2) is 10.2. The summed E-state index contributed by atoms with van der Waals surface area (Å²) in [5.41, 5.74) is 0.715. The van der Waals surface area contributed by atoms with Crippen LogP contribution in [0.5, 0.6) is 0 Å². The molecule has 214 valence electrons. The first kappa shape index (κ1) is 26.1. The molecular weight excluding hydrogens is 533 g/mol. The smallest absolute Gasteiger partial charge is 0.330 e. The number of hydrogen-bond acceptors (Lipinski definition) is 9. The molecule has 4 saturated heterocycles. The number of rotatable bonds is 6. The number of piperidine rings is 3. The van der Waals surface area contributed by atoms with E-state index in [-0.39, 0.29) is 24.9 Å². The molecule has 7 heterocycles. The molecule has 0 amide bonds. The molecule has 0 aliphatic carbocycles. The Morgan fingerprint density at radius 2 is 2.02 bits per heavy atom. The van der Waals surface area contributed by atoms with Crippen molar-refractivity contribution in [3.8, 4) is 0 Å². The fourth-order valence-electron chi connectivity index (χ4n) is 6.80. The van der Waals surface area contributed by atoms with Crippen LogP contribution in [0.3, 0.4) is 0 Å². The van der Waals surface area contributed by atoms with Crippen LogP contribution in [-0.4, -0.2) is 76.0 Å². The van der Waals surface area contributed by atoms with Crippen molar-refractivity contribution in [3.05, 3.63) is 86.8 Å². The Hall–Kier alpha value is -3.78. The second-order valence-electron chi connectivity index (χ2n) is 11.3. The number of aliphatic hydroxyl groups excluding tert-OH is 2. The average molecular weight is 564 g/mol. The SMILES string of the molecule is O=c1[nH]c(=O)n(C2CC(O)C(Cn3cc(C4CN5CCC4CC5[C@H](O)c4ccnc5ccccc45)nn3)O2)cc1F. The third kappa shape index (κ3) is 4.68. The zero-order valence-electron chi connectivity index (χ0n) is 22.1. The zero-order chi connectivity index (χ0) is 28.2. The molecule has 41 heavy (non-hydrogen) atoms. The maximum atomic E-state index is 13.8. The average Bonchev–Trinajstić information content (AvgIpc) is 3.61. The number of para-hydroxylation sites is 1. The van der Waals surface area contributed by atoms with Crippen LogP contribution in [0.15, 0.2) is 58.5 Å². The first-order valence-corrected chi connectivity index (χ1v) is 13.9. The molecule has 0 saturated carbocycles. The van der Waals surface area contributed by atoms with Crippen molar-refractivity contribution in [1.82, 2.24) is 34.4 Å². The summed E-state index contributed by atoms with van der Waals surface area (Å²) in [5.74, 6) is -0.592. The number of nitrogens with one attached hydrogen (secondary N) is 1. The Balaban J connectivity index is 1.03. The van der Waals surface area contributed by atoms with E-state index < -0.39 is 41.6 Å². The van der Waals surface area contributed by atoms with Crippen LogP contribution < -0.4 is 11.2 Å². The number of aliphatic hydroxyl groups is 2. The molecule has 7 unspecified atom stereocenters. The quantitative estimate of drug-likeness (QED) is 0.313. The predicted molar refractivity (Wildman–Crippen MR) is 143 cm³/mol. The minimum absolute atomic E-state index is 0.00554. The van der Waals surface area contributed by atoms with Crippen molar-refractivity contribution in [2.45, 2.75) is 62.3 Å². The van der Waals surface area contributed by atoms with Gasteiger partial charge in [-0.25, -0.2) is 9.48 Å². The van der Waals surface area contributed by atoms with Gasteiger partial charge in [0, 0.05) is 42.7 Å². The summed E-state index contributed by atoms with van der Waals surface area (Å²) >= 11 is 0. The van der Waals surface area contributed by atoms with Gasteiger partial charge in [0.15, 0.2) is 0 Å². The molecule has 0 spiro atoms. The van der Waals surface area contributed by atoms with Crippen LogP contribution in [0.1, 0.15) is 48.8 Å². The number of ether oxygens (including phenoxy) is 1. The molecule has 1 aromatic carbocycles. The van der Waals surface area contributed by atoms with Crippen molar-refractivity contribution in [3.63, 3.8) is 0 Å². The van der Waals surface area contributed by atoms with Crippen molar-refractivity contribution in [2.24, 2.45) is 5.92 Å². The summed E-state index contributed by atoms with van der Waals surface area (Å²) < 4.78 is 22.2. The summed E-state index contributed by atoms with van der Waals surface area (Å²) in [7, 11) is 0. The minimum Gasteiger partial charge on any atom is -0.390 e. The summed E-state index contributed by atoms with van der Waals surface area (Å²) in [5, 5.41) is 31.7. The van der Waals surface area contributed by atoms with Crippen LogP contribution in [-0.2, 0) is 11.3 Å². The van der Waals surface area contributed by atoms with Crippen molar-refractivity contribution >= 4 is 10.9 Å². The van der Waals surface area contributed by atoms with E-state index in [2.05, 4.69) is 20.2 Å². The van der Waals surface area contributed by atoms with Gasteiger partial charge in [0.05, 0.1) is 36.2 Å². The molecule has 4 aliphatic heterocycles. The van der Waals surface area contributed by atoms with Crippen LogP contribution in [0.2, 0.25) is 0 Å². The number of pyridine rings is 1. The summed E-state index contributed by atoms with van der Waals surface area (Å²) in [6, 6.07) is 9.79. The molecule has 3 aromatic heterocycles. The molecule has 13 heteroatoms. The molecular formula is C28H30FN7O5. The Bertz CT molecular complexity index is 1700. The first-order valence-electron chi connectivity index (χ1n) is 13.9. The predicted octanol–water partition coefficient (Wildman–Crippen LogP) is 1.08. The van der Waals surface area contributed by atoms with E-state index in [9.17, 15) is 24.2 Å². The number of benzene rings is 1. The number of halogens is 1. The summed E-state index contributed by atoms with van der Waals surface area (Å²) in [4.78, 5) is 32.2. The molecule has 0 radical (unpaired) electrons. The lowest BCUT2D eigenvalue weighted by molar-refractivity contribution is -0.0382. The van der Waals surface area contributed by atoms with Gasteiger partial charge < -0.3 is 14.9 Å². The maximum absolute atomic E-state index is 13.8. The number of aromatic nitrogens is 6. The van der Waals surface area contributed by atoms with Gasteiger partial charge in [-0.3, -0.25) is 24.2 Å². The lowest BCUT2D eigenvalue weighted by Crippen LogP contribution is -2.54. The standard InChI is InChI=1S/C28H30FN7O5/c29-19-12-36(28(40)31-27(19)39)25-10-23(37)24(41-25)14-35-13-21(32-33-35)18-11-34-8-6-15(18)9-22(34)26(38)17-5-7-30-20-4-2-1-3-16(17)20/h1-5,7,12-13,15,18,22-26,37-38H,6,8-11,14H2,(H,31,39,40)/t15?,18?,22?,23?,24?,25?,26-/m1/s1. The second-order valence-corrected chi connectivity index (χ2v) is 11.3. The van der Waals surface area contributed by atoms with E-state index in [1.807, 2.05) is 41.5 Å². The molecule has 4 fully saturated rings. The van der Waals surface area contributed by atoms with Crippen LogP contribution in [0, 0.1) is 11.7 Å². The number of hydrogen-bond donors (Lipinski definition) is 3. The number of fused-ring (bicyclic) bond motifs is 4. The van der Waals surface area contributed by atoms with Crippen molar-refractivity contribution < 1.29 is 19.3 Å². The fraction of sp³-hybridized carbons (Fsp3) is 0.464. The van der Waals surface area contributed by atoms with Gasteiger partial charge in [-0.05, 0) is 43.0 Å². The van der Waals surface area contributed by atoms with Gasteiger partial charge in [0.1, 0.15) is 12.3 Å².